The van der Waals surface area contributed by atoms with Gasteiger partial charge in [-0.2, -0.15) is 10.2 Å². The van der Waals surface area contributed by atoms with E-state index in [1.54, 1.807) is 24.3 Å². The molecule has 0 saturated carbocycles. The number of aromatic nitrogens is 2. The summed E-state index contributed by atoms with van der Waals surface area (Å²) in [6.45, 7) is 3.81. The summed E-state index contributed by atoms with van der Waals surface area (Å²) >= 11 is 0. The Kier molecular flexibility index (Phi) is 6.19. The normalized spacial score (nSPS) is 11.2. The van der Waals surface area contributed by atoms with Crippen LogP contribution in [0.5, 0.6) is 11.6 Å². The summed E-state index contributed by atoms with van der Waals surface area (Å²) in [5, 5.41) is 12.2. The van der Waals surface area contributed by atoms with Gasteiger partial charge in [0.1, 0.15) is 34.4 Å². The molecule has 0 atom stereocenters. The minimum atomic E-state index is -0.760. The van der Waals surface area contributed by atoms with Gasteiger partial charge in [0.2, 0.25) is 5.88 Å². The largest absolute Gasteiger partial charge is 0.438 e. The van der Waals surface area contributed by atoms with E-state index in [9.17, 15) is 19.2 Å². The molecule has 34 heavy (non-hydrogen) atoms. The van der Waals surface area contributed by atoms with E-state index < -0.39 is 17.3 Å². The lowest BCUT2D eigenvalue weighted by molar-refractivity contribution is -0.112. The maximum atomic E-state index is 13.3. The second-order valence-electron chi connectivity index (χ2n) is 7.50. The number of amides is 1. The van der Waals surface area contributed by atoms with Gasteiger partial charge in [0.25, 0.3) is 11.5 Å². The zero-order valence-electron chi connectivity index (χ0n) is 18.4. The van der Waals surface area contributed by atoms with Gasteiger partial charge >= 0.3 is 0 Å². The predicted molar refractivity (Wildman–Crippen MR) is 126 cm³/mol. The zero-order valence-corrected chi connectivity index (χ0v) is 18.4. The second-order valence-corrected chi connectivity index (χ2v) is 7.50. The minimum absolute atomic E-state index is 0.0350. The number of carbonyl (C=O) groups is 1. The summed E-state index contributed by atoms with van der Waals surface area (Å²) in [6.07, 6.45) is 2.68. The standard InChI is InChI=1S/C26H19FN4O3/c1-16-6-5-7-22(17(16)2)34-25-21(26(33)31-13-4-3-8-23(31)30-25)14-18(15-28)24(32)29-20-11-9-19(27)10-12-20/h3-14H,1-2H3,(H,29,32)/b18-14-. The zero-order chi connectivity index (χ0) is 24.2. The number of nitrogens with zero attached hydrogens (tertiary/aromatic N) is 3. The number of fused-ring (bicyclic) bond motifs is 1. The summed E-state index contributed by atoms with van der Waals surface area (Å²) in [4.78, 5) is 30.4. The molecule has 4 aromatic rings. The smallest absolute Gasteiger partial charge is 0.269 e. The first-order valence-electron chi connectivity index (χ1n) is 10.3. The van der Waals surface area contributed by atoms with Gasteiger partial charge in [0.15, 0.2) is 0 Å². The van der Waals surface area contributed by atoms with E-state index in [0.717, 1.165) is 17.2 Å². The monoisotopic (exact) mass is 454 g/mol. The molecule has 0 bridgehead atoms. The van der Waals surface area contributed by atoms with E-state index in [2.05, 4.69) is 10.3 Å². The van der Waals surface area contributed by atoms with Crippen LogP contribution in [0.25, 0.3) is 11.7 Å². The van der Waals surface area contributed by atoms with Crippen LogP contribution < -0.4 is 15.6 Å². The van der Waals surface area contributed by atoms with E-state index in [1.807, 2.05) is 32.0 Å². The molecule has 0 aliphatic heterocycles. The summed E-state index contributed by atoms with van der Waals surface area (Å²) in [6, 6.07) is 17.4. The number of hydrogen-bond acceptors (Lipinski definition) is 5. The molecule has 4 rings (SSSR count). The SMILES string of the molecule is Cc1cccc(Oc2nc3ccccn3c(=O)c2/C=C(/C#N)C(=O)Nc2ccc(F)cc2)c1C. The molecule has 0 aliphatic rings. The lowest BCUT2D eigenvalue weighted by Crippen LogP contribution is -2.20. The molecule has 0 fully saturated rings. The van der Waals surface area contributed by atoms with Crippen LogP contribution in [0.1, 0.15) is 16.7 Å². The number of nitrogens with one attached hydrogen (secondary N) is 1. The third kappa shape index (κ3) is 4.54. The van der Waals surface area contributed by atoms with Gasteiger partial charge in [-0.25, -0.2) is 4.39 Å². The van der Waals surface area contributed by atoms with Gasteiger partial charge in [0.05, 0.1) is 0 Å². The predicted octanol–water partition coefficient (Wildman–Crippen LogP) is 4.79. The van der Waals surface area contributed by atoms with Gasteiger partial charge < -0.3 is 10.1 Å². The molecule has 2 aromatic carbocycles. The van der Waals surface area contributed by atoms with Gasteiger partial charge in [-0.1, -0.05) is 18.2 Å². The topological polar surface area (TPSA) is 96.5 Å². The Morgan fingerprint density at radius 2 is 1.88 bits per heavy atom. The summed E-state index contributed by atoms with van der Waals surface area (Å²) < 4.78 is 20.5. The molecule has 2 heterocycles. The second kappa shape index (κ2) is 9.38. The van der Waals surface area contributed by atoms with Crippen LogP contribution >= 0.6 is 0 Å². The van der Waals surface area contributed by atoms with Crippen LogP contribution in [0, 0.1) is 31.0 Å². The first-order valence-corrected chi connectivity index (χ1v) is 10.3. The van der Waals surface area contributed by atoms with Crippen molar-refractivity contribution >= 4 is 23.3 Å². The fourth-order valence-electron chi connectivity index (χ4n) is 3.25. The number of rotatable bonds is 5. The highest BCUT2D eigenvalue weighted by Crippen LogP contribution is 2.28. The third-order valence-electron chi connectivity index (χ3n) is 5.25. The van der Waals surface area contributed by atoms with Crippen LogP contribution in [0.3, 0.4) is 0 Å². The molecule has 168 valence electrons. The number of pyridine rings is 1. The lowest BCUT2D eigenvalue weighted by atomic mass is 10.1. The molecule has 8 heteroatoms. The van der Waals surface area contributed by atoms with Crippen LogP contribution in [0.2, 0.25) is 0 Å². The quantitative estimate of drug-likeness (QED) is 0.346. The Bertz CT molecular complexity index is 1530. The van der Waals surface area contributed by atoms with Crippen molar-refractivity contribution in [1.29, 1.82) is 5.26 Å². The molecular formula is C26H19FN4O3. The highest BCUT2D eigenvalue weighted by atomic mass is 19.1. The van der Waals surface area contributed by atoms with E-state index in [0.29, 0.717) is 17.1 Å². The molecule has 7 nitrogen and oxygen atoms in total. The van der Waals surface area contributed by atoms with E-state index >= 15 is 0 Å². The van der Waals surface area contributed by atoms with Gasteiger partial charge in [-0.15, -0.1) is 0 Å². The Hall–Kier alpha value is -4.77. The fraction of sp³-hybridized carbons (Fsp3) is 0.0769. The van der Waals surface area contributed by atoms with Gasteiger partial charge in [-0.05, 0) is 73.5 Å². The van der Waals surface area contributed by atoms with Crippen molar-refractivity contribution in [2.75, 3.05) is 5.32 Å². The molecule has 0 aliphatic carbocycles. The number of aryl methyl sites for hydroxylation is 1. The maximum Gasteiger partial charge on any atom is 0.269 e. The first-order chi connectivity index (χ1) is 16.4. The highest BCUT2D eigenvalue weighted by molar-refractivity contribution is 6.09. The summed E-state index contributed by atoms with van der Waals surface area (Å²) in [5.74, 6) is -0.759. The molecule has 0 radical (unpaired) electrons. The number of nitriles is 1. The molecule has 0 saturated heterocycles. The number of carbonyl (C=O) groups excluding carboxylic acids is 1. The first kappa shape index (κ1) is 22.4. The molecule has 0 unspecified atom stereocenters. The number of hydrogen-bond donors (Lipinski definition) is 1. The van der Waals surface area contributed by atoms with E-state index in [-0.39, 0.29) is 17.0 Å². The molecule has 2 aromatic heterocycles. The van der Waals surface area contributed by atoms with Crippen molar-refractivity contribution in [2.45, 2.75) is 13.8 Å². The van der Waals surface area contributed by atoms with Crippen molar-refractivity contribution < 1.29 is 13.9 Å². The van der Waals surface area contributed by atoms with Crippen molar-refractivity contribution in [2.24, 2.45) is 0 Å². The summed E-state index contributed by atoms with van der Waals surface area (Å²) in [5.41, 5.74) is 1.59. The lowest BCUT2D eigenvalue weighted by Gasteiger charge is -2.13. The average Bonchev–Trinajstić information content (AvgIpc) is 2.83. The van der Waals surface area contributed by atoms with Crippen molar-refractivity contribution in [1.82, 2.24) is 9.38 Å². The van der Waals surface area contributed by atoms with E-state index in [1.165, 1.54) is 34.9 Å². The third-order valence-corrected chi connectivity index (χ3v) is 5.25. The highest BCUT2D eigenvalue weighted by Gasteiger charge is 2.18. The Labute approximate surface area is 194 Å². The average molecular weight is 454 g/mol. The van der Waals surface area contributed by atoms with Crippen LogP contribution in [0.15, 0.2) is 77.2 Å². The number of ether oxygens (including phenoxy) is 1. The van der Waals surface area contributed by atoms with Crippen molar-refractivity contribution in [3.63, 3.8) is 0 Å². The van der Waals surface area contributed by atoms with Gasteiger partial charge in [0, 0.05) is 11.9 Å². The molecular weight excluding hydrogens is 435 g/mol. The molecule has 1 amide bonds. The fourth-order valence-corrected chi connectivity index (χ4v) is 3.25. The van der Waals surface area contributed by atoms with E-state index in [4.69, 9.17) is 4.74 Å². The van der Waals surface area contributed by atoms with Crippen LogP contribution in [0.4, 0.5) is 10.1 Å². The van der Waals surface area contributed by atoms with Crippen molar-refractivity contribution in [3.05, 3.63) is 105 Å². The van der Waals surface area contributed by atoms with Crippen LogP contribution in [-0.4, -0.2) is 15.3 Å². The molecule has 1 N–H and O–H groups in total. The maximum absolute atomic E-state index is 13.3. The molecule has 0 spiro atoms. The van der Waals surface area contributed by atoms with Crippen LogP contribution in [-0.2, 0) is 4.79 Å². The Morgan fingerprint density at radius 3 is 2.62 bits per heavy atom. The summed E-state index contributed by atoms with van der Waals surface area (Å²) in [7, 11) is 0. The van der Waals surface area contributed by atoms with Gasteiger partial charge in [-0.3, -0.25) is 14.0 Å². The Morgan fingerprint density at radius 1 is 1.12 bits per heavy atom. The Balaban J connectivity index is 1.82. The minimum Gasteiger partial charge on any atom is -0.438 e. The number of halogens is 1. The van der Waals surface area contributed by atoms with Crippen molar-refractivity contribution in [3.8, 4) is 17.7 Å². The number of anilines is 1. The number of benzene rings is 2.